The number of hydrogen-bond donors (Lipinski definition) is 1. The summed E-state index contributed by atoms with van der Waals surface area (Å²) in [7, 11) is 2.00. The molecule has 2 aliphatic heterocycles. The number of thiophene rings is 1. The smallest absolute Gasteiger partial charge is 0.229 e. The minimum atomic E-state index is -0.433. The van der Waals surface area contributed by atoms with Gasteiger partial charge in [-0.15, -0.1) is 11.3 Å². The lowest BCUT2D eigenvalue weighted by atomic mass is 9.72. The van der Waals surface area contributed by atoms with Gasteiger partial charge in [-0.2, -0.15) is 5.10 Å². The molecule has 36 heavy (non-hydrogen) atoms. The van der Waals surface area contributed by atoms with Crippen LogP contribution in [0.15, 0.2) is 24.5 Å². The molecule has 0 atom stereocenters. The molecular weight excluding hydrogens is 475 g/mol. The van der Waals surface area contributed by atoms with Crippen molar-refractivity contribution in [3.05, 3.63) is 41.6 Å². The van der Waals surface area contributed by atoms with Crippen molar-refractivity contribution in [1.82, 2.24) is 29.6 Å². The first-order valence-corrected chi connectivity index (χ1v) is 13.4. The molecule has 1 aliphatic carbocycles. The van der Waals surface area contributed by atoms with Gasteiger partial charge in [-0.3, -0.25) is 4.68 Å². The topological polar surface area (TPSA) is 75.0 Å². The summed E-state index contributed by atoms with van der Waals surface area (Å²) in [5.74, 6) is 1.10. The summed E-state index contributed by atoms with van der Waals surface area (Å²) in [5, 5.41) is 7.88. The number of rotatable bonds is 6. The Bertz CT molecular complexity index is 1460. The van der Waals surface area contributed by atoms with Gasteiger partial charge in [0, 0.05) is 44.6 Å². The van der Waals surface area contributed by atoms with Gasteiger partial charge < -0.3 is 15.1 Å². The fourth-order valence-corrected chi connectivity index (χ4v) is 7.19. The number of aromatic nitrogens is 5. The first-order valence-electron chi connectivity index (χ1n) is 12.6. The van der Waals surface area contributed by atoms with Crippen LogP contribution in [0.4, 0.5) is 21.8 Å². The molecule has 3 fully saturated rings. The molecule has 186 valence electrons. The van der Waals surface area contributed by atoms with Crippen molar-refractivity contribution in [3.8, 4) is 10.6 Å². The molecule has 6 heterocycles. The second-order valence-corrected chi connectivity index (χ2v) is 11.6. The standard InChI is InChI=1S/C26H29FN8S/c1-4-34-11-26(12-34)13-35(14-26)17-7-8-19(28-9-17)30-25-29-10-18(27)21(31-25)23-15(2)20-24(36-23)22(16-5-6-16)33(3)32-20/h7-10,16H,4-6,11-14H2,1-3H3,(H,28,29,30,31). The summed E-state index contributed by atoms with van der Waals surface area (Å²) < 4.78 is 18.0. The maximum Gasteiger partial charge on any atom is 0.229 e. The predicted octanol–water partition coefficient (Wildman–Crippen LogP) is 4.70. The van der Waals surface area contributed by atoms with E-state index in [2.05, 4.69) is 43.1 Å². The molecule has 0 bridgehead atoms. The first kappa shape index (κ1) is 22.1. The van der Waals surface area contributed by atoms with Gasteiger partial charge in [-0.05, 0) is 44.0 Å². The minimum Gasteiger partial charge on any atom is -0.369 e. The lowest BCUT2D eigenvalue weighted by Gasteiger charge is -2.61. The highest BCUT2D eigenvalue weighted by atomic mass is 32.1. The number of nitrogens with zero attached hydrogens (tertiary/aromatic N) is 7. The number of aryl methyl sites for hydroxylation is 2. The SMILES string of the molecule is CCN1CC2(C1)CN(c1ccc(Nc3ncc(F)c(-c4sc5c(C6CC6)n(C)nc5c4C)n3)nc1)C2. The molecule has 0 unspecified atom stereocenters. The molecule has 0 amide bonds. The van der Waals surface area contributed by atoms with Crippen LogP contribution >= 0.6 is 11.3 Å². The molecular formula is C26H29FN8S. The van der Waals surface area contributed by atoms with Crippen molar-refractivity contribution in [3.63, 3.8) is 0 Å². The van der Waals surface area contributed by atoms with E-state index in [0.29, 0.717) is 28.8 Å². The monoisotopic (exact) mass is 504 g/mol. The van der Waals surface area contributed by atoms with Gasteiger partial charge in [0.1, 0.15) is 17.0 Å². The summed E-state index contributed by atoms with van der Waals surface area (Å²) >= 11 is 1.58. The highest BCUT2D eigenvalue weighted by Crippen LogP contribution is 2.48. The second-order valence-electron chi connectivity index (χ2n) is 10.6. The van der Waals surface area contributed by atoms with Gasteiger partial charge >= 0.3 is 0 Å². The van der Waals surface area contributed by atoms with Gasteiger partial charge in [-0.1, -0.05) is 6.92 Å². The van der Waals surface area contributed by atoms with Gasteiger partial charge in [0.05, 0.1) is 33.4 Å². The van der Waals surface area contributed by atoms with Crippen LogP contribution in [-0.2, 0) is 7.05 Å². The molecule has 1 spiro atoms. The number of halogens is 1. The van der Waals surface area contributed by atoms with Crippen LogP contribution in [0.2, 0.25) is 0 Å². The summed E-state index contributed by atoms with van der Waals surface area (Å²) in [6.07, 6.45) is 5.50. The molecule has 8 nitrogen and oxygen atoms in total. The Balaban J connectivity index is 1.10. The highest BCUT2D eigenvalue weighted by molar-refractivity contribution is 7.22. The molecule has 10 heteroatoms. The lowest BCUT2D eigenvalue weighted by Crippen LogP contribution is -2.72. The minimum absolute atomic E-state index is 0.307. The van der Waals surface area contributed by atoms with E-state index in [1.54, 1.807) is 11.3 Å². The predicted molar refractivity (Wildman–Crippen MR) is 141 cm³/mol. The molecule has 0 radical (unpaired) electrons. The Labute approximate surface area is 213 Å². The van der Waals surface area contributed by atoms with Crippen LogP contribution in [0.3, 0.4) is 0 Å². The van der Waals surface area contributed by atoms with Crippen molar-refractivity contribution in [1.29, 1.82) is 0 Å². The van der Waals surface area contributed by atoms with Crippen LogP contribution < -0.4 is 10.2 Å². The maximum absolute atomic E-state index is 14.9. The van der Waals surface area contributed by atoms with Crippen molar-refractivity contribution in [2.75, 3.05) is 42.9 Å². The van der Waals surface area contributed by atoms with Gasteiger partial charge in [0.15, 0.2) is 5.82 Å². The van der Waals surface area contributed by atoms with E-state index in [9.17, 15) is 4.39 Å². The van der Waals surface area contributed by atoms with Crippen LogP contribution in [0.25, 0.3) is 20.8 Å². The lowest BCUT2D eigenvalue weighted by molar-refractivity contribution is -0.0178. The third kappa shape index (κ3) is 3.49. The molecule has 3 aliphatic rings. The van der Waals surface area contributed by atoms with Crippen molar-refractivity contribution >= 4 is 39.0 Å². The van der Waals surface area contributed by atoms with E-state index in [4.69, 9.17) is 5.10 Å². The normalized spacial score (nSPS) is 19.1. The molecule has 1 saturated carbocycles. The zero-order valence-electron chi connectivity index (χ0n) is 20.8. The number of anilines is 3. The first-order chi connectivity index (χ1) is 17.4. The Hall–Kier alpha value is -3.11. The average molecular weight is 505 g/mol. The number of hydrogen-bond acceptors (Lipinski definition) is 8. The molecule has 4 aromatic rings. The molecule has 4 aromatic heterocycles. The molecule has 2 saturated heterocycles. The third-order valence-corrected chi connectivity index (χ3v) is 9.15. The van der Waals surface area contributed by atoms with Gasteiger partial charge in [0.2, 0.25) is 5.95 Å². The number of nitrogens with one attached hydrogen (secondary N) is 1. The summed E-state index contributed by atoms with van der Waals surface area (Å²) in [5.41, 5.74) is 5.08. The Morgan fingerprint density at radius 2 is 1.94 bits per heavy atom. The summed E-state index contributed by atoms with van der Waals surface area (Å²) in [4.78, 5) is 19.0. The largest absolute Gasteiger partial charge is 0.369 e. The van der Waals surface area contributed by atoms with Crippen LogP contribution in [-0.4, -0.2) is 62.4 Å². The zero-order valence-corrected chi connectivity index (χ0v) is 21.6. The van der Waals surface area contributed by atoms with Gasteiger partial charge in [-0.25, -0.2) is 19.3 Å². The quantitative estimate of drug-likeness (QED) is 0.408. The van der Waals surface area contributed by atoms with E-state index in [-0.39, 0.29) is 0 Å². The van der Waals surface area contributed by atoms with Crippen molar-refractivity contribution in [2.24, 2.45) is 12.5 Å². The van der Waals surface area contributed by atoms with E-state index in [1.807, 2.05) is 30.9 Å². The van der Waals surface area contributed by atoms with Crippen LogP contribution in [0, 0.1) is 18.2 Å². The van der Waals surface area contributed by atoms with Crippen molar-refractivity contribution < 1.29 is 4.39 Å². The average Bonchev–Trinajstić information content (AvgIpc) is 3.53. The van der Waals surface area contributed by atoms with Crippen molar-refractivity contribution in [2.45, 2.75) is 32.6 Å². The summed E-state index contributed by atoms with van der Waals surface area (Å²) in [6, 6.07) is 4.01. The molecule has 7 rings (SSSR count). The Kier molecular flexibility index (Phi) is 4.88. The van der Waals surface area contributed by atoms with Crippen LogP contribution in [0.5, 0.6) is 0 Å². The molecule has 0 aromatic carbocycles. The zero-order chi connectivity index (χ0) is 24.6. The fraction of sp³-hybridized carbons (Fsp3) is 0.462. The van der Waals surface area contributed by atoms with Gasteiger partial charge in [0.25, 0.3) is 0 Å². The second kappa shape index (κ2) is 7.94. The van der Waals surface area contributed by atoms with Crippen LogP contribution in [0.1, 0.15) is 36.9 Å². The third-order valence-electron chi connectivity index (χ3n) is 7.84. The van der Waals surface area contributed by atoms with E-state index >= 15 is 0 Å². The van der Waals surface area contributed by atoms with E-state index < -0.39 is 5.82 Å². The number of likely N-dealkylation sites (tertiary alicyclic amines) is 1. The summed E-state index contributed by atoms with van der Waals surface area (Å²) in [6.45, 7) is 9.94. The fourth-order valence-electron chi connectivity index (χ4n) is 5.80. The maximum atomic E-state index is 14.9. The molecule has 1 N–H and O–H groups in total. The number of pyridine rings is 1. The van der Waals surface area contributed by atoms with E-state index in [0.717, 1.165) is 46.0 Å². The highest BCUT2D eigenvalue weighted by Gasteiger charge is 2.51. The Morgan fingerprint density at radius 1 is 1.14 bits per heavy atom. The van der Waals surface area contributed by atoms with E-state index in [1.165, 1.54) is 37.8 Å². The number of fused-ring (bicyclic) bond motifs is 1. The Morgan fingerprint density at radius 3 is 2.64 bits per heavy atom.